The lowest BCUT2D eigenvalue weighted by molar-refractivity contribution is 0.414. The number of nitrogens with one attached hydrogen (secondary N) is 1. The minimum absolute atomic E-state index is 0.406. The number of unbranched alkanes of at least 4 members (excludes halogenated alkanes) is 1. The minimum atomic E-state index is 0.406. The molecule has 0 atom stereocenters. The maximum absolute atomic E-state index is 9.68. The molecule has 0 bridgehead atoms. The predicted molar refractivity (Wildman–Crippen MR) is 104 cm³/mol. The van der Waals surface area contributed by atoms with E-state index in [9.17, 15) is 5.11 Å². The van der Waals surface area contributed by atoms with Crippen LogP contribution in [0.25, 0.3) is 0 Å². The second-order valence-corrected chi connectivity index (χ2v) is 6.50. The van der Waals surface area contributed by atoms with Crippen LogP contribution in [-0.2, 0) is 12.8 Å². The van der Waals surface area contributed by atoms with Gasteiger partial charge in [-0.2, -0.15) is 0 Å². The lowest BCUT2D eigenvalue weighted by Crippen LogP contribution is -2.21. The van der Waals surface area contributed by atoms with Gasteiger partial charge in [0.05, 0.1) is 7.11 Å². The SMILES string of the molecule is C1CCNCC1.COc1cccc(CCCCc2ccccc2O)c1. The van der Waals surface area contributed by atoms with Crippen molar-refractivity contribution in [3.8, 4) is 11.5 Å². The van der Waals surface area contributed by atoms with Gasteiger partial charge in [0.25, 0.3) is 0 Å². The van der Waals surface area contributed by atoms with Gasteiger partial charge < -0.3 is 15.2 Å². The normalized spacial score (nSPS) is 13.6. The van der Waals surface area contributed by atoms with Crippen molar-refractivity contribution in [1.82, 2.24) is 5.32 Å². The van der Waals surface area contributed by atoms with Crippen molar-refractivity contribution < 1.29 is 9.84 Å². The Balaban J connectivity index is 0.000000316. The molecule has 136 valence electrons. The summed E-state index contributed by atoms with van der Waals surface area (Å²) in [7, 11) is 1.69. The molecule has 2 aromatic carbocycles. The number of para-hydroxylation sites is 1. The number of piperidine rings is 1. The van der Waals surface area contributed by atoms with Crippen LogP contribution in [0.2, 0.25) is 0 Å². The van der Waals surface area contributed by atoms with Crippen LogP contribution in [-0.4, -0.2) is 25.3 Å². The number of benzene rings is 2. The van der Waals surface area contributed by atoms with E-state index in [1.165, 1.54) is 37.9 Å². The lowest BCUT2D eigenvalue weighted by atomic mass is 10.0. The molecular weight excluding hydrogens is 310 g/mol. The van der Waals surface area contributed by atoms with Crippen LogP contribution in [0.5, 0.6) is 11.5 Å². The smallest absolute Gasteiger partial charge is 0.119 e. The number of rotatable bonds is 6. The third-order valence-corrected chi connectivity index (χ3v) is 4.49. The van der Waals surface area contributed by atoms with Crippen molar-refractivity contribution in [2.45, 2.75) is 44.9 Å². The van der Waals surface area contributed by atoms with Crippen molar-refractivity contribution in [3.05, 3.63) is 59.7 Å². The third-order valence-electron chi connectivity index (χ3n) is 4.49. The van der Waals surface area contributed by atoms with E-state index in [1.807, 2.05) is 30.3 Å². The van der Waals surface area contributed by atoms with Gasteiger partial charge in [-0.25, -0.2) is 0 Å². The molecule has 3 rings (SSSR count). The molecule has 2 aromatic rings. The Morgan fingerprint density at radius 3 is 2.32 bits per heavy atom. The molecule has 25 heavy (non-hydrogen) atoms. The Hall–Kier alpha value is -2.00. The molecule has 0 aromatic heterocycles. The molecule has 0 aliphatic carbocycles. The van der Waals surface area contributed by atoms with Gasteiger partial charge in [0.1, 0.15) is 11.5 Å². The molecule has 1 saturated heterocycles. The van der Waals surface area contributed by atoms with Crippen molar-refractivity contribution in [2.75, 3.05) is 20.2 Å². The van der Waals surface area contributed by atoms with Gasteiger partial charge in [-0.05, 0) is 80.9 Å². The number of phenolic OH excluding ortho intramolecular Hbond substituents is 1. The first-order valence-electron chi connectivity index (χ1n) is 9.40. The molecule has 0 unspecified atom stereocenters. The van der Waals surface area contributed by atoms with Gasteiger partial charge in [0, 0.05) is 0 Å². The quantitative estimate of drug-likeness (QED) is 0.747. The molecule has 0 radical (unpaired) electrons. The fourth-order valence-corrected chi connectivity index (χ4v) is 3.00. The summed E-state index contributed by atoms with van der Waals surface area (Å²) in [5.41, 5.74) is 2.34. The Morgan fingerprint density at radius 2 is 1.68 bits per heavy atom. The van der Waals surface area contributed by atoms with E-state index in [0.717, 1.165) is 37.0 Å². The van der Waals surface area contributed by atoms with Crippen LogP contribution in [0.4, 0.5) is 0 Å². The summed E-state index contributed by atoms with van der Waals surface area (Å²) in [4.78, 5) is 0. The Labute approximate surface area is 152 Å². The molecule has 0 saturated carbocycles. The average Bonchev–Trinajstić information content (AvgIpc) is 2.68. The second-order valence-electron chi connectivity index (χ2n) is 6.50. The minimum Gasteiger partial charge on any atom is -0.508 e. The Morgan fingerprint density at radius 1 is 0.920 bits per heavy atom. The van der Waals surface area contributed by atoms with Crippen molar-refractivity contribution in [2.24, 2.45) is 0 Å². The zero-order valence-electron chi connectivity index (χ0n) is 15.3. The van der Waals surface area contributed by atoms with Crippen LogP contribution in [0, 0.1) is 0 Å². The largest absolute Gasteiger partial charge is 0.508 e. The fourth-order valence-electron chi connectivity index (χ4n) is 3.00. The van der Waals surface area contributed by atoms with Gasteiger partial charge >= 0.3 is 0 Å². The van der Waals surface area contributed by atoms with Crippen molar-refractivity contribution in [1.29, 1.82) is 0 Å². The Bertz CT molecular complexity index is 597. The van der Waals surface area contributed by atoms with Crippen LogP contribution in [0.1, 0.15) is 43.2 Å². The highest BCUT2D eigenvalue weighted by atomic mass is 16.5. The summed E-state index contributed by atoms with van der Waals surface area (Å²) >= 11 is 0. The standard InChI is InChI=1S/C17H20O2.C5H11N/c1-19-16-11-6-8-14(13-16)7-2-3-9-15-10-4-5-12-17(15)18;1-2-4-6-5-3-1/h4-6,8,10-13,18H,2-3,7,9H2,1H3;6H,1-5H2. The molecule has 2 N–H and O–H groups in total. The lowest BCUT2D eigenvalue weighted by Gasteiger charge is -2.08. The van der Waals surface area contributed by atoms with E-state index in [1.54, 1.807) is 13.2 Å². The molecule has 1 aliphatic rings. The van der Waals surface area contributed by atoms with Gasteiger partial charge in [-0.1, -0.05) is 36.8 Å². The summed E-state index contributed by atoms with van der Waals surface area (Å²) in [5.74, 6) is 1.32. The number of methoxy groups -OCH3 is 1. The second kappa shape index (κ2) is 11.5. The topological polar surface area (TPSA) is 41.5 Å². The highest BCUT2D eigenvalue weighted by Crippen LogP contribution is 2.19. The van der Waals surface area contributed by atoms with E-state index < -0.39 is 0 Å². The van der Waals surface area contributed by atoms with Gasteiger partial charge in [-0.3, -0.25) is 0 Å². The van der Waals surface area contributed by atoms with Crippen LogP contribution in [0.3, 0.4) is 0 Å². The average molecular weight is 341 g/mol. The molecule has 0 spiro atoms. The van der Waals surface area contributed by atoms with E-state index >= 15 is 0 Å². The van der Waals surface area contributed by atoms with E-state index in [0.29, 0.717) is 5.75 Å². The summed E-state index contributed by atoms with van der Waals surface area (Å²) in [6.45, 7) is 2.50. The highest BCUT2D eigenvalue weighted by molar-refractivity contribution is 5.32. The summed E-state index contributed by atoms with van der Waals surface area (Å²) in [5, 5.41) is 13.0. The number of aryl methyl sites for hydroxylation is 2. The molecule has 1 heterocycles. The highest BCUT2D eigenvalue weighted by Gasteiger charge is 2.00. The first-order chi connectivity index (χ1) is 12.3. The third kappa shape index (κ3) is 7.61. The van der Waals surface area contributed by atoms with Gasteiger partial charge in [-0.15, -0.1) is 0 Å². The summed E-state index contributed by atoms with van der Waals surface area (Å²) in [6.07, 6.45) is 8.38. The molecule has 3 nitrogen and oxygen atoms in total. The van der Waals surface area contributed by atoms with Crippen LogP contribution in [0.15, 0.2) is 48.5 Å². The first-order valence-corrected chi connectivity index (χ1v) is 9.40. The summed E-state index contributed by atoms with van der Waals surface area (Å²) < 4.78 is 5.21. The van der Waals surface area contributed by atoms with Gasteiger partial charge in [0.15, 0.2) is 0 Å². The first kappa shape index (κ1) is 19.3. The number of hydrogen-bond acceptors (Lipinski definition) is 3. The summed E-state index contributed by atoms with van der Waals surface area (Å²) in [6, 6.07) is 15.8. The van der Waals surface area contributed by atoms with Crippen molar-refractivity contribution in [3.63, 3.8) is 0 Å². The van der Waals surface area contributed by atoms with Crippen LogP contribution >= 0.6 is 0 Å². The number of aromatic hydroxyl groups is 1. The van der Waals surface area contributed by atoms with Crippen molar-refractivity contribution >= 4 is 0 Å². The maximum atomic E-state index is 9.68. The maximum Gasteiger partial charge on any atom is 0.119 e. The zero-order valence-corrected chi connectivity index (χ0v) is 15.3. The van der Waals surface area contributed by atoms with Crippen LogP contribution < -0.4 is 10.1 Å². The number of phenols is 1. The fraction of sp³-hybridized carbons (Fsp3) is 0.455. The number of hydrogen-bond donors (Lipinski definition) is 2. The Kier molecular flexibility index (Phi) is 8.92. The monoisotopic (exact) mass is 341 g/mol. The van der Waals surface area contributed by atoms with E-state index in [-0.39, 0.29) is 0 Å². The molecule has 1 fully saturated rings. The molecule has 0 amide bonds. The zero-order chi connectivity index (χ0) is 17.7. The predicted octanol–water partition coefficient (Wildman–Crippen LogP) is 4.73. The number of ether oxygens (including phenoxy) is 1. The van der Waals surface area contributed by atoms with E-state index in [4.69, 9.17) is 4.74 Å². The van der Waals surface area contributed by atoms with E-state index in [2.05, 4.69) is 17.4 Å². The molecular formula is C22H31NO2. The molecule has 3 heteroatoms. The van der Waals surface area contributed by atoms with Gasteiger partial charge in [0.2, 0.25) is 0 Å². The molecule has 1 aliphatic heterocycles.